The summed E-state index contributed by atoms with van der Waals surface area (Å²) in [5.74, 6) is -0.144. The number of ketones is 1. The highest BCUT2D eigenvalue weighted by Gasteiger charge is 2.32. The number of amides is 1. The van der Waals surface area contributed by atoms with Gasteiger partial charge in [0, 0.05) is 11.6 Å². The normalized spacial score (nSPS) is 20.5. The van der Waals surface area contributed by atoms with Gasteiger partial charge in [0.15, 0.2) is 5.78 Å². The minimum absolute atomic E-state index is 0.0144. The van der Waals surface area contributed by atoms with Crippen LogP contribution in [0.4, 0.5) is 0 Å². The number of hydrogen-bond acceptors (Lipinski definition) is 2. The number of hydrogen-bond donors (Lipinski definition) is 0. The Kier molecular flexibility index (Phi) is 3.01. The molecule has 0 radical (unpaired) electrons. The van der Waals surface area contributed by atoms with Gasteiger partial charge in [-0.25, -0.2) is 0 Å². The van der Waals surface area contributed by atoms with Crippen molar-refractivity contribution in [3.63, 3.8) is 0 Å². The van der Waals surface area contributed by atoms with Gasteiger partial charge in [-0.05, 0) is 26.3 Å². The minimum Gasteiger partial charge on any atom is -0.333 e. The van der Waals surface area contributed by atoms with Crippen LogP contribution in [0.25, 0.3) is 0 Å². The lowest BCUT2D eigenvalue weighted by atomic mass is 9.98. The van der Waals surface area contributed by atoms with E-state index in [1.165, 1.54) is 0 Å². The van der Waals surface area contributed by atoms with Crippen LogP contribution >= 0.6 is 0 Å². The van der Waals surface area contributed by atoms with Crippen molar-refractivity contribution in [1.82, 2.24) is 4.90 Å². The van der Waals surface area contributed by atoms with Crippen LogP contribution in [-0.4, -0.2) is 22.6 Å². The summed E-state index contributed by atoms with van der Waals surface area (Å²) in [5.41, 5.74) is 1.65. The number of Topliss-reactive ketones (excluding diaryl/α,β-unsaturated/α-hetero) is 1. The highest BCUT2D eigenvalue weighted by Crippen LogP contribution is 2.30. The summed E-state index contributed by atoms with van der Waals surface area (Å²) in [6.07, 6.45) is -0.0144. The van der Waals surface area contributed by atoms with Gasteiger partial charge >= 0.3 is 0 Å². The lowest BCUT2D eigenvalue weighted by Crippen LogP contribution is -2.38. The number of nitrogens with zero attached hydrogens (tertiary/aromatic N) is 1. The van der Waals surface area contributed by atoms with E-state index in [4.69, 9.17) is 0 Å². The topological polar surface area (TPSA) is 37.4 Å². The van der Waals surface area contributed by atoms with E-state index < -0.39 is 0 Å². The Bertz CT molecular complexity index is 465. The molecule has 1 aliphatic heterocycles. The van der Waals surface area contributed by atoms with Crippen molar-refractivity contribution >= 4 is 11.7 Å². The first kappa shape index (κ1) is 11.8. The smallest absolute Gasteiger partial charge is 0.231 e. The van der Waals surface area contributed by atoms with Crippen LogP contribution < -0.4 is 0 Å². The number of carbonyl (C=O) groups excluding carboxylic acids is 2. The first-order valence-corrected chi connectivity index (χ1v) is 5.95. The van der Waals surface area contributed by atoms with Crippen LogP contribution in [0.2, 0.25) is 0 Å². The van der Waals surface area contributed by atoms with E-state index in [1.54, 1.807) is 4.90 Å². The van der Waals surface area contributed by atoms with E-state index in [2.05, 4.69) is 0 Å². The summed E-state index contributed by atoms with van der Waals surface area (Å²) in [7, 11) is 0. The van der Waals surface area contributed by atoms with E-state index >= 15 is 0 Å². The van der Waals surface area contributed by atoms with Gasteiger partial charge in [0.25, 0.3) is 0 Å². The van der Waals surface area contributed by atoms with Crippen LogP contribution in [0.3, 0.4) is 0 Å². The van der Waals surface area contributed by atoms with Crippen molar-refractivity contribution in [2.45, 2.75) is 39.3 Å². The van der Waals surface area contributed by atoms with Crippen molar-refractivity contribution in [1.29, 1.82) is 0 Å². The Morgan fingerprint density at radius 2 is 1.88 bits per heavy atom. The molecule has 0 aromatic heterocycles. The van der Waals surface area contributed by atoms with Crippen LogP contribution in [0, 0.1) is 0 Å². The van der Waals surface area contributed by atoms with Crippen molar-refractivity contribution < 1.29 is 9.59 Å². The first-order chi connectivity index (χ1) is 8.02. The fourth-order valence-corrected chi connectivity index (χ4v) is 2.54. The molecule has 0 saturated carbocycles. The molecule has 1 amide bonds. The number of fused-ring (bicyclic) bond motifs is 1. The maximum Gasteiger partial charge on any atom is 0.231 e. The van der Waals surface area contributed by atoms with Crippen molar-refractivity contribution in [2.75, 3.05) is 0 Å². The SMILES string of the molecule is CC(C)N1C(=O)CC(=O)c2ccccc2[C@@H]1C. The molecule has 1 aromatic rings. The van der Waals surface area contributed by atoms with Gasteiger partial charge in [-0.15, -0.1) is 0 Å². The summed E-state index contributed by atoms with van der Waals surface area (Å²) >= 11 is 0. The van der Waals surface area contributed by atoms with E-state index in [-0.39, 0.29) is 30.2 Å². The molecule has 0 unspecified atom stereocenters. The van der Waals surface area contributed by atoms with E-state index in [0.29, 0.717) is 5.56 Å². The Balaban J connectivity index is 2.54. The summed E-state index contributed by atoms with van der Waals surface area (Å²) < 4.78 is 0. The molecule has 0 bridgehead atoms. The largest absolute Gasteiger partial charge is 0.333 e. The average molecular weight is 231 g/mol. The molecule has 0 N–H and O–H groups in total. The Morgan fingerprint density at radius 3 is 2.53 bits per heavy atom. The number of carbonyl (C=O) groups is 2. The molecule has 0 spiro atoms. The summed E-state index contributed by atoms with van der Waals surface area (Å²) in [6.45, 7) is 5.94. The molecule has 3 nitrogen and oxygen atoms in total. The van der Waals surface area contributed by atoms with Crippen LogP contribution in [-0.2, 0) is 4.79 Å². The van der Waals surface area contributed by atoms with Gasteiger partial charge in [-0.1, -0.05) is 24.3 Å². The predicted octanol–water partition coefficient (Wildman–Crippen LogP) is 2.57. The van der Waals surface area contributed by atoms with Crippen molar-refractivity contribution in [3.8, 4) is 0 Å². The highest BCUT2D eigenvalue weighted by molar-refractivity contribution is 6.09. The van der Waals surface area contributed by atoms with Gasteiger partial charge in [0.05, 0.1) is 12.5 Å². The van der Waals surface area contributed by atoms with Crippen molar-refractivity contribution in [2.24, 2.45) is 0 Å². The second kappa shape index (κ2) is 4.32. The third-order valence-corrected chi connectivity index (χ3v) is 3.28. The second-order valence-corrected chi connectivity index (χ2v) is 4.76. The molecule has 0 saturated heterocycles. The molecule has 1 aliphatic rings. The molecule has 90 valence electrons. The molecule has 0 fully saturated rings. The third-order valence-electron chi connectivity index (χ3n) is 3.28. The Hall–Kier alpha value is -1.64. The monoisotopic (exact) mass is 231 g/mol. The standard InChI is InChI=1S/C14H17NO2/c1-9(2)15-10(3)11-6-4-5-7-12(11)13(16)8-14(15)17/h4-7,9-10H,8H2,1-3H3/t10-/m0/s1. The lowest BCUT2D eigenvalue weighted by molar-refractivity contribution is -0.134. The molecule has 1 heterocycles. The maximum absolute atomic E-state index is 12.1. The highest BCUT2D eigenvalue weighted by atomic mass is 16.2. The quantitative estimate of drug-likeness (QED) is 0.697. The second-order valence-electron chi connectivity index (χ2n) is 4.76. The van der Waals surface area contributed by atoms with Crippen LogP contribution in [0.1, 0.15) is 49.2 Å². The molecular formula is C14H17NO2. The summed E-state index contributed by atoms with van der Waals surface area (Å²) in [6, 6.07) is 7.58. The number of benzene rings is 1. The van der Waals surface area contributed by atoms with Crippen LogP contribution in [0.15, 0.2) is 24.3 Å². The van der Waals surface area contributed by atoms with E-state index in [1.807, 2.05) is 45.0 Å². The minimum atomic E-state index is -0.0753. The molecule has 1 atom stereocenters. The average Bonchev–Trinajstić information content (AvgIpc) is 2.36. The summed E-state index contributed by atoms with van der Waals surface area (Å²) in [5, 5.41) is 0. The fraction of sp³-hybridized carbons (Fsp3) is 0.429. The third kappa shape index (κ3) is 1.97. The van der Waals surface area contributed by atoms with Gasteiger partial charge in [0.2, 0.25) is 5.91 Å². The zero-order valence-corrected chi connectivity index (χ0v) is 10.4. The molecule has 17 heavy (non-hydrogen) atoms. The molecule has 2 rings (SSSR count). The van der Waals surface area contributed by atoms with Crippen molar-refractivity contribution in [3.05, 3.63) is 35.4 Å². The zero-order valence-electron chi connectivity index (χ0n) is 10.4. The first-order valence-electron chi connectivity index (χ1n) is 5.95. The van der Waals surface area contributed by atoms with E-state index in [0.717, 1.165) is 5.56 Å². The molecular weight excluding hydrogens is 214 g/mol. The van der Waals surface area contributed by atoms with E-state index in [9.17, 15) is 9.59 Å². The van der Waals surface area contributed by atoms with Crippen LogP contribution in [0.5, 0.6) is 0 Å². The summed E-state index contributed by atoms with van der Waals surface area (Å²) in [4.78, 5) is 25.8. The molecule has 1 aromatic carbocycles. The lowest BCUT2D eigenvalue weighted by Gasteiger charge is -2.31. The Morgan fingerprint density at radius 1 is 1.24 bits per heavy atom. The zero-order chi connectivity index (χ0) is 12.6. The Labute approximate surface area is 101 Å². The van der Waals surface area contributed by atoms with Gasteiger partial charge in [-0.3, -0.25) is 9.59 Å². The van der Waals surface area contributed by atoms with Gasteiger partial charge in [0.1, 0.15) is 0 Å². The molecule has 0 aliphatic carbocycles. The predicted molar refractivity (Wildman–Crippen MR) is 65.8 cm³/mol. The fourth-order valence-electron chi connectivity index (χ4n) is 2.54. The van der Waals surface area contributed by atoms with Gasteiger partial charge < -0.3 is 4.90 Å². The molecule has 3 heteroatoms. The number of rotatable bonds is 1. The maximum atomic E-state index is 12.1. The van der Waals surface area contributed by atoms with Gasteiger partial charge in [-0.2, -0.15) is 0 Å².